The zero-order chi connectivity index (χ0) is 21.0. The molecule has 1 saturated heterocycles. The highest BCUT2D eigenvalue weighted by Gasteiger charge is 2.42. The van der Waals surface area contributed by atoms with Crippen LogP contribution >= 0.6 is 0 Å². The van der Waals surface area contributed by atoms with E-state index in [-0.39, 0.29) is 41.5 Å². The summed E-state index contributed by atoms with van der Waals surface area (Å²) < 4.78 is 21.7. The van der Waals surface area contributed by atoms with Gasteiger partial charge in [-0.1, -0.05) is 18.2 Å². The molecule has 156 valence electrons. The summed E-state index contributed by atoms with van der Waals surface area (Å²) >= 11 is 0. The van der Waals surface area contributed by atoms with Gasteiger partial charge in [-0.05, 0) is 56.5 Å². The fraction of sp³-hybridized carbons (Fsp3) is 0.435. The molecular formula is C23H28O6. The van der Waals surface area contributed by atoms with E-state index in [0.717, 1.165) is 18.4 Å². The van der Waals surface area contributed by atoms with Crippen LogP contribution in [0.3, 0.4) is 0 Å². The quantitative estimate of drug-likeness (QED) is 0.547. The number of hydrogen-bond donors (Lipinski definition) is 1. The summed E-state index contributed by atoms with van der Waals surface area (Å²) in [6, 6.07) is 7.27. The van der Waals surface area contributed by atoms with Gasteiger partial charge in [-0.2, -0.15) is 0 Å². The van der Waals surface area contributed by atoms with Gasteiger partial charge in [0.15, 0.2) is 12.6 Å². The molecule has 0 aromatic heterocycles. The van der Waals surface area contributed by atoms with E-state index in [2.05, 4.69) is 0 Å². The first-order valence-corrected chi connectivity index (χ1v) is 9.66. The topological polar surface area (TPSA) is 74.2 Å². The van der Waals surface area contributed by atoms with E-state index in [1.165, 1.54) is 13.2 Å². The number of benzene rings is 1. The van der Waals surface area contributed by atoms with E-state index in [0.29, 0.717) is 11.5 Å². The van der Waals surface area contributed by atoms with Gasteiger partial charge in [0.1, 0.15) is 22.8 Å². The van der Waals surface area contributed by atoms with Gasteiger partial charge >= 0.3 is 0 Å². The maximum absolute atomic E-state index is 12.9. The number of fused-ring (bicyclic) bond motifs is 1. The van der Waals surface area contributed by atoms with Crippen molar-refractivity contribution < 1.29 is 28.8 Å². The summed E-state index contributed by atoms with van der Waals surface area (Å²) in [5.41, 5.74) is 0.771. The van der Waals surface area contributed by atoms with Gasteiger partial charge in [0.05, 0.1) is 18.8 Å². The van der Waals surface area contributed by atoms with E-state index < -0.39 is 0 Å². The lowest BCUT2D eigenvalue weighted by Gasteiger charge is -2.42. The van der Waals surface area contributed by atoms with Gasteiger partial charge in [-0.15, -0.1) is 0 Å². The Morgan fingerprint density at radius 1 is 1.28 bits per heavy atom. The first-order valence-electron chi connectivity index (χ1n) is 9.66. The summed E-state index contributed by atoms with van der Waals surface area (Å²) in [5.74, 6) is 0.533. The molecule has 29 heavy (non-hydrogen) atoms. The van der Waals surface area contributed by atoms with Crippen molar-refractivity contribution in [1.82, 2.24) is 0 Å². The number of aliphatic hydroxyl groups excluding tert-OH is 1. The second-order valence-corrected chi connectivity index (χ2v) is 7.80. The third kappa shape index (κ3) is 4.89. The molecule has 0 bridgehead atoms. The smallest absolute Gasteiger partial charge is 0.192 e. The highest BCUT2D eigenvalue weighted by atomic mass is 16.7. The normalized spacial score (nSPS) is 23.5. The molecule has 1 aliphatic carbocycles. The average Bonchev–Trinajstić information content (AvgIpc) is 2.70. The van der Waals surface area contributed by atoms with Crippen molar-refractivity contribution in [2.75, 3.05) is 21.0 Å². The zero-order valence-electron chi connectivity index (χ0n) is 17.3. The van der Waals surface area contributed by atoms with Crippen molar-refractivity contribution in [3.63, 3.8) is 0 Å². The number of ketones is 1. The molecule has 2 unspecified atom stereocenters. The van der Waals surface area contributed by atoms with Gasteiger partial charge < -0.3 is 24.1 Å². The number of hydrogen-bond acceptors (Lipinski definition) is 6. The fourth-order valence-corrected chi connectivity index (χ4v) is 3.64. The molecular weight excluding hydrogens is 372 g/mol. The largest absolute Gasteiger partial charge is 0.511 e. The number of ether oxygens (including phenoxy) is 4. The van der Waals surface area contributed by atoms with E-state index in [9.17, 15) is 9.90 Å². The molecule has 3 rings (SSSR count). The summed E-state index contributed by atoms with van der Waals surface area (Å²) in [6.45, 7) is 4.23. The molecule has 1 heterocycles. The van der Waals surface area contributed by atoms with Gasteiger partial charge in [-0.3, -0.25) is 4.79 Å². The molecule has 0 saturated carbocycles. The zero-order valence-corrected chi connectivity index (χ0v) is 17.3. The molecule has 2 aliphatic rings. The third-order valence-electron chi connectivity index (χ3n) is 5.20. The van der Waals surface area contributed by atoms with Crippen LogP contribution in [0.2, 0.25) is 0 Å². The summed E-state index contributed by atoms with van der Waals surface area (Å²) in [6.07, 6.45) is 6.20. The Balaban J connectivity index is 1.77. The Bertz CT molecular complexity index is 831. The fourth-order valence-electron chi connectivity index (χ4n) is 3.64. The molecule has 0 spiro atoms. The molecule has 1 aromatic carbocycles. The van der Waals surface area contributed by atoms with E-state index in [1.54, 1.807) is 31.4 Å². The van der Waals surface area contributed by atoms with Crippen LogP contribution in [0.1, 0.15) is 32.3 Å². The number of carbonyl (C=O) groups is 1. The number of methoxy groups -OCH3 is 2. The van der Waals surface area contributed by atoms with Crippen molar-refractivity contribution in [1.29, 1.82) is 0 Å². The summed E-state index contributed by atoms with van der Waals surface area (Å²) in [4.78, 5) is 12.9. The van der Waals surface area contributed by atoms with Crippen LogP contribution in [0.5, 0.6) is 5.75 Å². The first kappa shape index (κ1) is 21.1. The Labute approximate surface area is 171 Å². The molecule has 0 radical (unpaired) electrons. The maximum atomic E-state index is 12.9. The SMILES string of the molecule is COCOc1ccc(/C=C/C(=O)C2=C(O)C3CCC(C)(C)OC3C=C2OC)cc1. The van der Waals surface area contributed by atoms with Gasteiger partial charge in [0, 0.05) is 13.0 Å². The van der Waals surface area contributed by atoms with Gasteiger partial charge in [0.25, 0.3) is 0 Å². The first-order chi connectivity index (χ1) is 13.8. The van der Waals surface area contributed by atoms with Crippen molar-refractivity contribution in [3.8, 4) is 5.75 Å². The molecule has 1 aliphatic heterocycles. The van der Waals surface area contributed by atoms with Crippen molar-refractivity contribution in [2.24, 2.45) is 5.92 Å². The van der Waals surface area contributed by atoms with Crippen LogP contribution in [-0.4, -0.2) is 43.6 Å². The van der Waals surface area contributed by atoms with Gasteiger partial charge in [-0.25, -0.2) is 0 Å². The standard InChI is InChI=1S/C23H28O6/c1-23(2)12-11-17-19(29-23)13-20(27-4)21(22(17)25)18(24)10-7-15-5-8-16(9-6-15)28-14-26-3/h5-10,13,17,19,25H,11-12,14H2,1-4H3/b10-7+. The lowest BCUT2D eigenvalue weighted by atomic mass is 9.80. The van der Waals surface area contributed by atoms with Crippen LogP contribution < -0.4 is 4.74 Å². The predicted molar refractivity (Wildman–Crippen MR) is 109 cm³/mol. The van der Waals surface area contributed by atoms with Crippen molar-refractivity contribution in [2.45, 2.75) is 38.4 Å². The van der Waals surface area contributed by atoms with Crippen LogP contribution in [-0.2, 0) is 19.0 Å². The Morgan fingerprint density at radius 2 is 2.00 bits per heavy atom. The van der Waals surface area contributed by atoms with Crippen molar-refractivity contribution in [3.05, 3.63) is 59.1 Å². The number of carbonyl (C=O) groups excluding carboxylic acids is 1. The molecule has 0 amide bonds. The van der Waals surface area contributed by atoms with Crippen LogP contribution in [0, 0.1) is 5.92 Å². The molecule has 1 N–H and O–H groups in total. The Kier molecular flexibility index (Phi) is 6.45. The summed E-state index contributed by atoms with van der Waals surface area (Å²) in [5, 5.41) is 10.8. The Hall–Kier alpha value is -2.57. The van der Waals surface area contributed by atoms with Crippen LogP contribution in [0.25, 0.3) is 6.08 Å². The minimum absolute atomic E-state index is 0.0443. The monoisotopic (exact) mass is 400 g/mol. The predicted octanol–water partition coefficient (Wildman–Crippen LogP) is 4.18. The second kappa shape index (κ2) is 8.84. The van der Waals surface area contributed by atoms with E-state index in [4.69, 9.17) is 18.9 Å². The second-order valence-electron chi connectivity index (χ2n) is 7.80. The molecule has 6 nitrogen and oxygen atoms in total. The highest BCUT2D eigenvalue weighted by Crippen LogP contribution is 2.41. The minimum atomic E-state index is -0.307. The third-order valence-corrected chi connectivity index (χ3v) is 5.20. The lowest BCUT2D eigenvalue weighted by molar-refractivity contribution is -0.117. The molecule has 6 heteroatoms. The van der Waals surface area contributed by atoms with Crippen molar-refractivity contribution >= 4 is 11.9 Å². The maximum Gasteiger partial charge on any atom is 0.192 e. The lowest BCUT2D eigenvalue weighted by Crippen LogP contribution is -2.43. The average molecular weight is 400 g/mol. The number of allylic oxidation sites excluding steroid dienone is 2. The highest BCUT2D eigenvalue weighted by molar-refractivity contribution is 6.09. The summed E-state index contributed by atoms with van der Waals surface area (Å²) in [7, 11) is 3.05. The Morgan fingerprint density at radius 3 is 2.66 bits per heavy atom. The van der Waals surface area contributed by atoms with Gasteiger partial charge in [0.2, 0.25) is 0 Å². The molecule has 1 fully saturated rings. The van der Waals surface area contributed by atoms with E-state index >= 15 is 0 Å². The number of rotatable bonds is 7. The van der Waals surface area contributed by atoms with E-state index in [1.807, 2.05) is 26.0 Å². The number of aliphatic hydroxyl groups is 1. The van der Waals surface area contributed by atoms with Crippen LogP contribution in [0.4, 0.5) is 0 Å². The molecule has 1 aromatic rings. The minimum Gasteiger partial charge on any atom is -0.511 e. The van der Waals surface area contributed by atoms with Crippen LogP contribution in [0.15, 0.2) is 53.5 Å². The molecule has 2 atom stereocenters.